The van der Waals surface area contributed by atoms with E-state index in [9.17, 15) is 13.9 Å². The molecule has 0 aliphatic rings. The van der Waals surface area contributed by atoms with Crippen molar-refractivity contribution >= 4 is 5.69 Å². The largest absolute Gasteiger partial charge is 0.394 e. The van der Waals surface area contributed by atoms with Crippen LogP contribution in [0.15, 0.2) is 18.2 Å². The minimum atomic E-state index is -0.483. The van der Waals surface area contributed by atoms with Gasteiger partial charge in [-0.2, -0.15) is 0 Å². The van der Waals surface area contributed by atoms with E-state index in [0.29, 0.717) is 0 Å². The first kappa shape index (κ1) is 12.9. The van der Waals surface area contributed by atoms with Gasteiger partial charge >= 0.3 is 0 Å². The molecule has 2 nitrogen and oxygen atoms in total. The van der Waals surface area contributed by atoms with Crippen molar-refractivity contribution in [1.82, 2.24) is 0 Å². The van der Waals surface area contributed by atoms with Gasteiger partial charge in [-0.25, -0.2) is 8.78 Å². The molecule has 1 aromatic rings. The molecule has 90 valence electrons. The van der Waals surface area contributed by atoms with Gasteiger partial charge in [0, 0.05) is 13.1 Å². The number of hydrogen-bond donors (Lipinski definition) is 1. The van der Waals surface area contributed by atoms with Crippen LogP contribution >= 0.6 is 0 Å². The van der Waals surface area contributed by atoms with Gasteiger partial charge in [-0.05, 0) is 18.1 Å². The highest BCUT2D eigenvalue weighted by Crippen LogP contribution is 2.23. The second-order valence-electron chi connectivity index (χ2n) is 4.20. The van der Waals surface area contributed by atoms with Gasteiger partial charge in [0.25, 0.3) is 0 Å². The molecule has 0 amide bonds. The van der Waals surface area contributed by atoms with Crippen LogP contribution in [0.5, 0.6) is 0 Å². The summed E-state index contributed by atoms with van der Waals surface area (Å²) in [7, 11) is 1.65. The Morgan fingerprint density at radius 3 is 2.44 bits per heavy atom. The van der Waals surface area contributed by atoms with Crippen molar-refractivity contribution < 1.29 is 13.9 Å². The number of rotatable bonds is 4. The number of aliphatic hydroxyl groups is 1. The Morgan fingerprint density at radius 2 is 1.94 bits per heavy atom. The molecule has 0 saturated carbocycles. The van der Waals surface area contributed by atoms with Gasteiger partial charge in [-0.1, -0.05) is 13.8 Å². The van der Waals surface area contributed by atoms with Crippen molar-refractivity contribution in [2.45, 2.75) is 19.9 Å². The molecule has 1 aromatic carbocycles. The molecule has 0 aromatic heterocycles. The summed E-state index contributed by atoms with van der Waals surface area (Å²) in [6, 6.07) is 3.09. The highest BCUT2D eigenvalue weighted by Gasteiger charge is 2.20. The first-order valence-corrected chi connectivity index (χ1v) is 5.26. The second kappa shape index (κ2) is 5.25. The third kappa shape index (κ3) is 2.70. The summed E-state index contributed by atoms with van der Waals surface area (Å²) in [6.07, 6.45) is 0. The third-order valence-corrected chi connectivity index (χ3v) is 2.74. The van der Waals surface area contributed by atoms with Crippen LogP contribution in [0, 0.1) is 17.6 Å². The Hall–Kier alpha value is -1.16. The van der Waals surface area contributed by atoms with Crippen LogP contribution < -0.4 is 4.90 Å². The van der Waals surface area contributed by atoms with Crippen molar-refractivity contribution in [3.8, 4) is 0 Å². The Balaban J connectivity index is 3.02. The highest BCUT2D eigenvalue weighted by atomic mass is 19.1. The lowest BCUT2D eigenvalue weighted by molar-refractivity contribution is 0.233. The van der Waals surface area contributed by atoms with Crippen LogP contribution in [-0.4, -0.2) is 24.8 Å². The Bertz CT molecular complexity index is 355. The van der Waals surface area contributed by atoms with Crippen molar-refractivity contribution in [3.63, 3.8) is 0 Å². The van der Waals surface area contributed by atoms with Crippen LogP contribution in [0.1, 0.15) is 13.8 Å². The normalized spacial score (nSPS) is 12.9. The molecule has 0 saturated heterocycles. The summed E-state index contributed by atoms with van der Waals surface area (Å²) >= 11 is 0. The topological polar surface area (TPSA) is 23.5 Å². The lowest BCUT2D eigenvalue weighted by Crippen LogP contribution is -2.39. The number of anilines is 1. The van der Waals surface area contributed by atoms with E-state index in [1.165, 1.54) is 0 Å². The third-order valence-electron chi connectivity index (χ3n) is 2.74. The fraction of sp³-hybridized carbons (Fsp3) is 0.500. The van der Waals surface area contributed by atoms with E-state index in [2.05, 4.69) is 0 Å². The van der Waals surface area contributed by atoms with Gasteiger partial charge in [0.15, 0.2) is 0 Å². The maximum absolute atomic E-state index is 13.5. The van der Waals surface area contributed by atoms with Crippen molar-refractivity contribution in [2.24, 2.45) is 5.92 Å². The number of hydrogen-bond acceptors (Lipinski definition) is 2. The fourth-order valence-electron chi connectivity index (χ4n) is 1.72. The molecule has 0 aliphatic heterocycles. The summed E-state index contributed by atoms with van der Waals surface area (Å²) in [5.41, 5.74) is 0.174. The molecule has 1 rings (SSSR count). The van der Waals surface area contributed by atoms with Crippen molar-refractivity contribution in [3.05, 3.63) is 29.8 Å². The summed E-state index contributed by atoms with van der Waals surface area (Å²) in [5.74, 6) is -0.815. The maximum Gasteiger partial charge on any atom is 0.146 e. The molecule has 1 N–H and O–H groups in total. The number of likely N-dealkylation sites (N-methyl/N-ethyl adjacent to an activating group) is 1. The molecule has 1 atom stereocenters. The van der Waals surface area contributed by atoms with E-state index in [1.54, 1.807) is 11.9 Å². The SMILES string of the molecule is CC(C)C(CO)N(C)c1cc(F)ccc1F. The first-order chi connectivity index (χ1) is 7.47. The first-order valence-electron chi connectivity index (χ1n) is 5.26. The van der Waals surface area contributed by atoms with E-state index in [-0.39, 0.29) is 24.3 Å². The Kier molecular flexibility index (Phi) is 4.24. The van der Waals surface area contributed by atoms with Crippen LogP contribution in [0.25, 0.3) is 0 Å². The molecule has 1 unspecified atom stereocenters. The molecule has 0 bridgehead atoms. The monoisotopic (exact) mass is 229 g/mol. The van der Waals surface area contributed by atoms with Gasteiger partial charge in [0.2, 0.25) is 0 Å². The van der Waals surface area contributed by atoms with Gasteiger partial charge in [-0.3, -0.25) is 0 Å². The zero-order valence-electron chi connectivity index (χ0n) is 9.74. The van der Waals surface area contributed by atoms with Gasteiger partial charge in [-0.15, -0.1) is 0 Å². The van der Waals surface area contributed by atoms with Crippen LogP contribution in [-0.2, 0) is 0 Å². The summed E-state index contributed by atoms with van der Waals surface area (Å²) in [5, 5.41) is 9.23. The van der Waals surface area contributed by atoms with E-state index < -0.39 is 11.6 Å². The smallest absolute Gasteiger partial charge is 0.146 e. The predicted molar refractivity (Wildman–Crippen MR) is 60.5 cm³/mol. The van der Waals surface area contributed by atoms with E-state index in [4.69, 9.17) is 0 Å². The average molecular weight is 229 g/mol. The summed E-state index contributed by atoms with van der Waals surface area (Å²) in [4.78, 5) is 1.57. The second-order valence-corrected chi connectivity index (χ2v) is 4.20. The van der Waals surface area contributed by atoms with Gasteiger partial charge in [0.05, 0.1) is 18.3 Å². The lowest BCUT2D eigenvalue weighted by Gasteiger charge is -2.31. The molecule has 4 heteroatoms. The average Bonchev–Trinajstić information content (AvgIpc) is 2.22. The molecule has 0 aliphatic carbocycles. The van der Waals surface area contributed by atoms with Crippen molar-refractivity contribution in [2.75, 3.05) is 18.6 Å². The number of benzene rings is 1. The van der Waals surface area contributed by atoms with Gasteiger partial charge < -0.3 is 10.0 Å². The van der Waals surface area contributed by atoms with E-state index in [1.807, 2.05) is 13.8 Å². The van der Waals surface area contributed by atoms with Gasteiger partial charge in [0.1, 0.15) is 11.6 Å². The fourth-order valence-corrected chi connectivity index (χ4v) is 1.72. The standard InChI is InChI=1S/C12H17F2NO/c1-8(2)12(7-16)15(3)11-6-9(13)4-5-10(11)14/h4-6,8,12,16H,7H2,1-3H3. The van der Waals surface area contributed by atoms with E-state index in [0.717, 1.165) is 18.2 Å². The number of aliphatic hydroxyl groups excluding tert-OH is 1. The molecule has 0 radical (unpaired) electrons. The molecule has 0 fully saturated rings. The van der Waals surface area contributed by atoms with Crippen LogP contribution in [0.4, 0.5) is 14.5 Å². The van der Waals surface area contributed by atoms with Crippen LogP contribution in [0.3, 0.4) is 0 Å². The minimum absolute atomic E-state index is 0.0931. The quantitative estimate of drug-likeness (QED) is 0.857. The summed E-state index contributed by atoms with van der Waals surface area (Å²) < 4.78 is 26.5. The number of halogens is 2. The molecule has 0 spiro atoms. The summed E-state index contributed by atoms with van der Waals surface area (Å²) in [6.45, 7) is 3.76. The predicted octanol–water partition coefficient (Wildman–Crippen LogP) is 2.42. The van der Waals surface area contributed by atoms with Crippen molar-refractivity contribution in [1.29, 1.82) is 0 Å². The Labute approximate surface area is 94.5 Å². The zero-order chi connectivity index (χ0) is 12.3. The molecule has 16 heavy (non-hydrogen) atoms. The zero-order valence-corrected chi connectivity index (χ0v) is 9.74. The maximum atomic E-state index is 13.5. The highest BCUT2D eigenvalue weighted by molar-refractivity contribution is 5.48. The Morgan fingerprint density at radius 1 is 1.31 bits per heavy atom. The minimum Gasteiger partial charge on any atom is -0.394 e. The molecular formula is C12H17F2NO. The van der Waals surface area contributed by atoms with E-state index >= 15 is 0 Å². The lowest BCUT2D eigenvalue weighted by atomic mass is 10.0. The van der Waals surface area contributed by atoms with Crippen LogP contribution in [0.2, 0.25) is 0 Å². The molecular weight excluding hydrogens is 212 g/mol. The number of nitrogens with zero attached hydrogens (tertiary/aromatic N) is 1. The molecule has 0 heterocycles.